The van der Waals surface area contributed by atoms with Crippen LogP contribution in [-0.4, -0.2) is 17.1 Å². The minimum Gasteiger partial charge on any atom is -0.321 e. The van der Waals surface area contributed by atoms with E-state index in [9.17, 15) is 28.0 Å². The Balaban J connectivity index is 1.74. The summed E-state index contributed by atoms with van der Waals surface area (Å²) in [5.74, 6) is -1.17. The van der Waals surface area contributed by atoms with Crippen LogP contribution in [-0.2, 0) is 28.6 Å². The van der Waals surface area contributed by atoms with Crippen LogP contribution in [0, 0.1) is 18.3 Å². The van der Waals surface area contributed by atoms with Gasteiger partial charge in [0.15, 0.2) is 0 Å². The third kappa shape index (κ3) is 6.29. The number of amides is 2. The molecule has 1 unspecified atom stereocenters. The molecule has 1 atom stereocenters. The number of halogens is 4. The molecule has 1 fully saturated rings. The smallest absolute Gasteiger partial charge is 0.321 e. The van der Waals surface area contributed by atoms with Gasteiger partial charge in [0.25, 0.3) is 5.91 Å². The normalized spacial score (nSPS) is 16.7. The van der Waals surface area contributed by atoms with Gasteiger partial charge in [0, 0.05) is 16.4 Å². The number of carbonyl (C=O) groups is 2. The van der Waals surface area contributed by atoms with E-state index in [1.165, 1.54) is 4.90 Å². The van der Waals surface area contributed by atoms with Crippen molar-refractivity contribution in [2.45, 2.75) is 38.1 Å². The van der Waals surface area contributed by atoms with Crippen LogP contribution in [0.2, 0.25) is 5.02 Å². The van der Waals surface area contributed by atoms with Gasteiger partial charge in [-0.2, -0.15) is 18.4 Å². The fourth-order valence-electron chi connectivity index (χ4n) is 4.04. The molecule has 39 heavy (non-hydrogen) atoms. The zero-order valence-corrected chi connectivity index (χ0v) is 22.5. The fraction of sp³-hybridized carbons (Fsp3) is 0.207. The van der Waals surface area contributed by atoms with Crippen molar-refractivity contribution in [3.05, 3.63) is 105 Å². The molecule has 3 aromatic rings. The minimum absolute atomic E-state index is 0.0882. The minimum atomic E-state index is -4.58. The topological polar surface area (TPSA) is 73.2 Å². The zero-order chi connectivity index (χ0) is 28.3. The third-order valence-corrected chi connectivity index (χ3v) is 7.83. The molecular formula is C29H23ClF3N3O2S. The number of carbonyl (C=O) groups excluding carboxylic acids is 2. The first-order valence-electron chi connectivity index (χ1n) is 12.0. The Morgan fingerprint density at radius 3 is 2.36 bits per heavy atom. The summed E-state index contributed by atoms with van der Waals surface area (Å²) in [6, 6.07) is 19.0. The van der Waals surface area contributed by atoms with E-state index in [-0.39, 0.29) is 27.6 Å². The molecular weight excluding hydrogens is 547 g/mol. The van der Waals surface area contributed by atoms with E-state index in [0.29, 0.717) is 11.4 Å². The molecule has 200 valence electrons. The van der Waals surface area contributed by atoms with Gasteiger partial charge in [-0.3, -0.25) is 14.5 Å². The molecule has 0 bridgehead atoms. The van der Waals surface area contributed by atoms with Gasteiger partial charge in [-0.1, -0.05) is 60.1 Å². The number of anilines is 2. The lowest BCUT2D eigenvalue weighted by molar-refractivity contribution is -0.137. The Labute approximate surface area is 233 Å². The van der Waals surface area contributed by atoms with Gasteiger partial charge in [-0.15, -0.1) is 0 Å². The van der Waals surface area contributed by atoms with Gasteiger partial charge in [0.05, 0.1) is 10.8 Å². The number of alkyl halides is 3. The number of nitrogens with zero attached hydrogens (tertiary/aromatic N) is 2. The van der Waals surface area contributed by atoms with E-state index in [4.69, 9.17) is 11.6 Å². The Morgan fingerprint density at radius 1 is 1.10 bits per heavy atom. The van der Waals surface area contributed by atoms with Gasteiger partial charge in [-0.25, -0.2) is 0 Å². The number of hydrogen-bond donors (Lipinski definition) is 1. The van der Waals surface area contributed by atoms with E-state index in [1.54, 1.807) is 36.4 Å². The summed E-state index contributed by atoms with van der Waals surface area (Å²) in [6.45, 7) is 3.88. The van der Waals surface area contributed by atoms with E-state index < -0.39 is 28.8 Å². The summed E-state index contributed by atoms with van der Waals surface area (Å²) >= 11 is 7.16. The molecule has 0 saturated carbocycles. The van der Waals surface area contributed by atoms with Crippen molar-refractivity contribution in [1.82, 2.24) is 0 Å². The van der Waals surface area contributed by atoms with Gasteiger partial charge in [0.2, 0.25) is 5.91 Å². The Kier molecular flexibility index (Phi) is 8.38. The van der Waals surface area contributed by atoms with Crippen molar-refractivity contribution >= 4 is 46.6 Å². The van der Waals surface area contributed by atoms with Crippen molar-refractivity contribution in [2.75, 3.05) is 10.2 Å². The van der Waals surface area contributed by atoms with E-state index in [1.807, 2.05) is 32.0 Å². The summed E-state index contributed by atoms with van der Waals surface area (Å²) < 4.78 is 40.0. The SMILES string of the molecule is CCc1ccc(N2C(=O)C(Cc3cc(C(F)(F)F)ccc3Cl)S/C2=C(/C#N)C(=O)Nc2ccc(C)cc2)cc1. The average Bonchev–Trinajstić information content (AvgIpc) is 3.21. The number of nitrogens with one attached hydrogen (secondary N) is 1. The number of benzene rings is 3. The molecule has 0 aromatic heterocycles. The number of aryl methyl sites for hydroxylation is 2. The lowest BCUT2D eigenvalue weighted by Crippen LogP contribution is -2.31. The van der Waals surface area contributed by atoms with E-state index in [2.05, 4.69) is 5.32 Å². The van der Waals surface area contributed by atoms with Crippen LogP contribution in [0.5, 0.6) is 0 Å². The van der Waals surface area contributed by atoms with Gasteiger partial charge in [-0.05, 0) is 73.4 Å². The van der Waals surface area contributed by atoms with Crippen LogP contribution in [0.3, 0.4) is 0 Å². The molecule has 0 radical (unpaired) electrons. The zero-order valence-electron chi connectivity index (χ0n) is 21.0. The Bertz CT molecular complexity index is 1480. The molecule has 1 N–H and O–H groups in total. The van der Waals surface area contributed by atoms with E-state index >= 15 is 0 Å². The van der Waals surface area contributed by atoms with E-state index in [0.717, 1.165) is 47.5 Å². The van der Waals surface area contributed by atoms with Crippen LogP contribution >= 0.6 is 23.4 Å². The largest absolute Gasteiger partial charge is 0.416 e. The highest BCUT2D eigenvalue weighted by Crippen LogP contribution is 2.43. The molecule has 10 heteroatoms. The summed E-state index contributed by atoms with van der Waals surface area (Å²) in [5, 5.41) is 12.0. The fourth-order valence-corrected chi connectivity index (χ4v) is 5.53. The van der Waals surface area contributed by atoms with Gasteiger partial charge < -0.3 is 5.32 Å². The summed E-state index contributed by atoms with van der Waals surface area (Å²) in [7, 11) is 0. The molecule has 4 rings (SSSR count). The molecule has 0 aliphatic carbocycles. The highest BCUT2D eigenvalue weighted by molar-refractivity contribution is 8.05. The number of thioether (sulfide) groups is 1. The van der Waals surface area contributed by atoms with Crippen LogP contribution in [0.1, 0.15) is 29.2 Å². The van der Waals surface area contributed by atoms with Crippen LogP contribution in [0.15, 0.2) is 77.3 Å². The first kappa shape index (κ1) is 28.3. The van der Waals surface area contributed by atoms with Crippen molar-refractivity contribution in [3.63, 3.8) is 0 Å². The Hall–Kier alpha value is -3.74. The van der Waals surface area contributed by atoms with Gasteiger partial charge >= 0.3 is 6.18 Å². The van der Waals surface area contributed by atoms with Crippen LogP contribution in [0.25, 0.3) is 0 Å². The third-order valence-electron chi connectivity index (χ3n) is 6.20. The number of nitriles is 1. The van der Waals surface area contributed by atoms with Gasteiger partial charge in [0.1, 0.15) is 16.7 Å². The second-order valence-corrected chi connectivity index (χ2v) is 10.5. The standard InChI is InChI=1S/C29H23ClF3N3O2S/c1-3-18-6-11-22(12-7-18)36-27(38)25(15-19-14-20(29(31,32)33)8-13-24(19)30)39-28(36)23(16-34)26(37)35-21-9-4-17(2)5-10-21/h4-14,25H,3,15H2,1-2H3,(H,35,37)/b28-23-. The van der Waals surface area contributed by atoms with Crippen molar-refractivity contribution < 1.29 is 22.8 Å². The molecule has 5 nitrogen and oxygen atoms in total. The summed E-state index contributed by atoms with van der Waals surface area (Å²) in [5.41, 5.74) is 1.90. The predicted octanol–water partition coefficient (Wildman–Crippen LogP) is 7.29. The lowest BCUT2D eigenvalue weighted by Gasteiger charge is -2.19. The predicted molar refractivity (Wildman–Crippen MR) is 147 cm³/mol. The Morgan fingerprint density at radius 2 is 1.77 bits per heavy atom. The first-order valence-corrected chi connectivity index (χ1v) is 13.2. The maximum Gasteiger partial charge on any atom is 0.416 e. The maximum atomic E-state index is 13.7. The highest BCUT2D eigenvalue weighted by Gasteiger charge is 2.41. The molecule has 1 heterocycles. The number of rotatable bonds is 6. The number of hydrogen-bond acceptors (Lipinski definition) is 4. The van der Waals surface area contributed by atoms with Crippen molar-refractivity contribution in [3.8, 4) is 6.07 Å². The molecule has 1 aliphatic heterocycles. The van der Waals surface area contributed by atoms with Crippen molar-refractivity contribution in [2.24, 2.45) is 0 Å². The molecule has 3 aromatic carbocycles. The molecule has 2 amide bonds. The highest BCUT2D eigenvalue weighted by atomic mass is 35.5. The monoisotopic (exact) mass is 569 g/mol. The maximum absolute atomic E-state index is 13.7. The quantitative estimate of drug-likeness (QED) is 0.250. The average molecular weight is 570 g/mol. The molecule has 1 saturated heterocycles. The summed E-state index contributed by atoms with van der Waals surface area (Å²) in [6.07, 6.45) is -3.94. The second-order valence-electron chi connectivity index (χ2n) is 8.92. The molecule has 0 spiro atoms. The molecule has 1 aliphatic rings. The van der Waals surface area contributed by atoms with Crippen molar-refractivity contribution in [1.29, 1.82) is 5.26 Å². The lowest BCUT2D eigenvalue weighted by atomic mass is 10.0. The van der Waals surface area contributed by atoms with Crippen LogP contribution in [0.4, 0.5) is 24.5 Å². The first-order chi connectivity index (χ1) is 18.5. The van der Waals surface area contributed by atoms with Crippen LogP contribution < -0.4 is 10.2 Å². The summed E-state index contributed by atoms with van der Waals surface area (Å²) in [4.78, 5) is 28.1. The second kappa shape index (κ2) is 11.6.